The van der Waals surface area contributed by atoms with Gasteiger partial charge in [0.1, 0.15) is 6.20 Å². The molecule has 7 heteroatoms. The number of rotatable bonds is 0. The average Bonchev–Trinajstić information content (AvgIpc) is 2.63. The van der Waals surface area contributed by atoms with Gasteiger partial charge in [-0.15, -0.1) is 0 Å². The highest BCUT2D eigenvalue weighted by Gasteiger charge is 2.29. The van der Waals surface area contributed by atoms with Crippen LogP contribution in [0.2, 0.25) is 0 Å². The molecule has 0 radical (unpaired) electrons. The molecule has 2 rings (SSSR count). The van der Waals surface area contributed by atoms with E-state index < -0.39 is 7.54 Å². The molecule has 2 heterocycles. The molecule has 0 unspecified atom stereocenters. The standard InChI is InChI=1S/C7H11N2.BF3.FH/c1-2-5-9(4-1)6-3-8-7-9;2-1(3)4;/h3,6-7H,1-2,4-5H2;;1H/q+1;;/p-1. The first-order valence-corrected chi connectivity index (χ1v) is 4.15. The molecule has 0 aromatic rings. The van der Waals surface area contributed by atoms with Crippen molar-refractivity contribution in [3.63, 3.8) is 0 Å². The second kappa shape index (κ2) is 5.80. The van der Waals surface area contributed by atoms with Gasteiger partial charge in [-0.2, -0.15) is 0 Å². The summed E-state index contributed by atoms with van der Waals surface area (Å²) in [6.45, 7) is 2.53. The van der Waals surface area contributed by atoms with E-state index in [1.54, 1.807) is 0 Å². The highest BCUT2D eigenvalue weighted by molar-refractivity contribution is 6.33. The van der Waals surface area contributed by atoms with Crippen LogP contribution < -0.4 is 4.70 Å². The minimum absolute atomic E-state index is 0. The monoisotopic (exact) mass is 210 g/mol. The molecule has 1 spiro atoms. The Morgan fingerprint density at radius 2 is 1.64 bits per heavy atom. The van der Waals surface area contributed by atoms with Crippen LogP contribution >= 0.6 is 0 Å². The number of halogens is 4. The van der Waals surface area contributed by atoms with Crippen molar-refractivity contribution in [1.29, 1.82) is 0 Å². The predicted octanol–water partition coefficient (Wildman–Crippen LogP) is -1.01. The fourth-order valence-electron chi connectivity index (χ4n) is 1.57. The van der Waals surface area contributed by atoms with Crippen LogP contribution in [0.15, 0.2) is 17.4 Å². The fourth-order valence-corrected chi connectivity index (χ4v) is 1.57. The molecule has 0 bridgehead atoms. The summed E-state index contributed by atoms with van der Waals surface area (Å²) in [6.07, 6.45) is 8.86. The summed E-state index contributed by atoms with van der Waals surface area (Å²) in [4.78, 5) is 4.09. The van der Waals surface area contributed by atoms with E-state index in [-0.39, 0.29) is 4.70 Å². The van der Waals surface area contributed by atoms with Crippen molar-refractivity contribution in [3.05, 3.63) is 12.4 Å². The SMILES string of the molecule is C1=C[N+]2(C=N1)CCCC2.FB(F)F.[F-]. The van der Waals surface area contributed by atoms with Gasteiger partial charge in [0, 0.05) is 12.8 Å². The Morgan fingerprint density at radius 1 is 1.14 bits per heavy atom. The van der Waals surface area contributed by atoms with Crippen molar-refractivity contribution >= 4 is 13.9 Å². The average molecular weight is 210 g/mol. The normalized spacial score (nSPS) is 20.2. The lowest BCUT2D eigenvalue weighted by Gasteiger charge is -2.19. The van der Waals surface area contributed by atoms with Gasteiger partial charge in [-0.25, -0.2) is 4.99 Å². The lowest BCUT2D eigenvalue weighted by Crippen LogP contribution is -3.00. The van der Waals surface area contributed by atoms with E-state index in [9.17, 15) is 12.9 Å². The zero-order chi connectivity index (χ0) is 9.73. The van der Waals surface area contributed by atoms with E-state index in [1.165, 1.54) is 25.9 Å². The van der Waals surface area contributed by atoms with E-state index in [1.807, 2.05) is 12.5 Å². The third kappa shape index (κ3) is 3.91. The van der Waals surface area contributed by atoms with Crippen molar-refractivity contribution in [3.8, 4) is 0 Å². The summed E-state index contributed by atoms with van der Waals surface area (Å²) < 4.78 is 30.0. The Kier molecular flexibility index (Phi) is 5.45. The number of quaternary nitrogens is 1. The van der Waals surface area contributed by atoms with Gasteiger partial charge in [-0.1, -0.05) is 0 Å². The Morgan fingerprint density at radius 3 is 2.00 bits per heavy atom. The summed E-state index contributed by atoms with van der Waals surface area (Å²) >= 11 is 0. The molecule has 80 valence electrons. The molecule has 1 saturated heterocycles. The van der Waals surface area contributed by atoms with Crippen LogP contribution in [0.1, 0.15) is 12.8 Å². The van der Waals surface area contributed by atoms with Crippen LogP contribution in [-0.4, -0.2) is 31.5 Å². The van der Waals surface area contributed by atoms with Gasteiger partial charge in [-0.05, 0) is 0 Å². The summed E-state index contributed by atoms with van der Waals surface area (Å²) in [5.74, 6) is 0. The topological polar surface area (TPSA) is 12.4 Å². The van der Waals surface area contributed by atoms with Crippen molar-refractivity contribution in [2.75, 3.05) is 13.1 Å². The smallest absolute Gasteiger partial charge is 0.762 e. The van der Waals surface area contributed by atoms with E-state index >= 15 is 0 Å². The van der Waals surface area contributed by atoms with Crippen molar-refractivity contribution in [2.45, 2.75) is 12.8 Å². The molecule has 0 N–H and O–H groups in total. The number of nitrogens with zero attached hydrogens (tertiary/aromatic N) is 2. The van der Waals surface area contributed by atoms with E-state index in [2.05, 4.69) is 11.2 Å². The third-order valence-electron chi connectivity index (χ3n) is 2.15. The van der Waals surface area contributed by atoms with Gasteiger partial charge in [0.2, 0.25) is 0 Å². The second-order valence-electron chi connectivity index (χ2n) is 3.07. The Labute approximate surface area is 80.3 Å². The van der Waals surface area contributed by atoms with Gasteiger partial charge in [0.05, 0.1) is 19.3 Å². The van der Waals surface area contributed by atoms with Crippen LogP contribution in [0.5, 0.6) is 0 Å². The number of aliphatic imine (C=N–C) groups is 1. The maximum absolute atomic E-state index is 9.67. The van der Waals surface area contributed by atoms with Crippen molar-refractivity contribution in [2.24, 2.45) is 4.99 Å². The van der Waals surface area contributed by atoms with Crippen LogP contribution in [0, 0.1) is 0 Å². The Bertz CT molecular complexity index is 197. The van der Waals surface area contributed by atoms with Crippen LogP contribution in [0.4, 0.5) is 12.9 Å². The molecule has 1 fully saturated rings. The number of hydrogen-bond acceptors (Lipinski definition) is 1. The molecule has 0 aliphatic carbocycles. The molecule has 0 saturated carbocycles. The van der Waals surface area contributed by atoms with Crippen molar-refractivity contribution in [1.82, 2.24) is 0 Å². The fraction of sp³-hybridized carbons (Fsp3) is 0.571. The van der Waals surface area contributed by atoms with Gasteiger partial charge in [0.25, 0.3) is 0 Å². The van der Waals surface area contributed by atoms with Gasteiger partial charge in [-0.3, -0.25) is 17.4 Å². The van der Waals surface area contributed by atoms with E-state index in [4.69, 9.17) is 0 Å². The minimum Gasteiger partial charge on any atom is -1.00 e. The van der Waals surface area contributed by atoms with E-state index in [0.717, 1.165) is 4.48 Å². The van der Waals surface area contributed by atoms with Gasteiger partial charge < -0.3 is 4.70 Å². The summed E-state index contributed by atoms with van der Waals surface area (Å²) in [7, 11) is -3.67. The molecular formula is C7H11BF4N2. The Hall–Kier alpha value is -0.845. The first-order valence-electron chi connectivity index (χ1n) is 4.15. The molecule has 2 aliphatic rings. The molecule has 0 amide bonds. The molecule has 14 heavy (non-hydrogen) atoms. The minimum atomic E-state index is -3.67. The maximum atomic E-state index is 9.67. The lowest BCUT2D eigenvalue weighted by atomic mass is 10.4. The van der Waals surface area contributed by atoms with Gasteiger partial charge >= 0.3 is 7.54 Å². The number of hydrogen-bond donors (Lipinski definition) is 0. The van der Waals surface area contributed by atoms with Crippen LogP contribution in [0.3, 0.4) is 0 Å². The van der Waals surface area contributed by atoms with Crippen molar-refractivity contribution < 1.29 is 22.1 Å². The first-order chi connectivity index (χ1) is 6.15. The Balaban J connectivity index is 0.000000299. The zero-order valence-corrected chi connectivity index (χ0v) is 7.54. The molecule has 0 aromatic carbocycles. The van der Waals surface area contributed by atoms with Crippen LogP contribution in [0.25, 0.3) is 0 Å². The molecule has 0 atom stereocenters. The van der Waals surface area contributed by atoms with E-state index in [0.29, 0.717) is 0 Å². The second-order valence-corrected chi connectivity index (χ2v) is 3.07. The maximum Gasteiger partial charge on any atom is 0.762 e. The summed E-state index contributed by atoms with van der Waals surface area (Å²) in [5, 5.41) is 0. The van der Waals surface area contributed by atoms with Gasteiger partial charge in [0.15, 0.2) is 6.34 Å². The third-order valence-corrected chi connectivity index (χ3v) is 2.15. The lowest BCUT2D eigenvalue weighted by molar-refractivity contribution is -0.764. The highest BCUT2D eigenvalue weighted by Crippen LogP contribution is 2.20. The highest BCUT2D eigenvalue weighted by atomic mass is 19.4. The van der Waals surface area contributed by atoms with Crippen LogP contribution in [-0.2, 0) is 0 Å². The quantitative estimate of drug-likeness (QED) is 0.276. The molecule has 0 aromatic heterocycles. The molecule has 2 nitrogen and oxygen atoms in total. The predicted molar refractivity (Wildman–Crippen MR) is 45.9 cm³/mol. The zero-order valence-electron chi connectivity index (χ0n) is 7.54. The largest absolute Gasteiger partial charge is 1.00 e. The summed E-state index contributed by atoms with van der Waals surface area (Å²) in [5.41, 5.74) is 0. The first kappa shape index (κ1) is 13.2. The molecular weight excluding hydrogens is 199 g/mol. The molecule has 2 aliphatic heterocycles. The summed E-state index contributed by atoms with van der Waals surface area (Å²) in [6, 6.07) is 0.